The molecule has 0 amide bonds. The van der Waals surface area contributed by atoms with E-state index in [4.69, 9.17) is 4.84 Å². The van der Waals surface area contributed by atoms with Gasteiger partial charge in [-0.25, -0.2) is 9.78 Å². The monoisotopic (exact) mass is 473 g/mol. The van der Waals surface area contributed by atoms with Crippen molar-refractivity contribution in [3.05, 3.63) is 34.8 Å². The second kappa shape index (κ2) is 7.05. The predicted octanol–water partition coefficient (Wildman–Crippen LogP) is 3.53. The molecule has 8 nitrogen and oxygen atoms in total. The van der Waals surface area contributed by atoms with Crippen molar-refractivity contribution in [2.75, 3.05) is 0 Å². The zero-order chi connectivity index (χ0) is 22.7. The number of carbonyl (C=O) groups excluding carboxylic acids is 1. The molecule has 0 spiro atoms. The highest BCUT2D eigenvalue weighted by molar-refractivity contribution is 8.16. The lowest BCUT2D eigenvalue weighted by molar-refractivity contribution is -0.147. The van der Waals surface area contributed by atoms with E-state index in [1.54, 1.807) is 13.8 Å². The summed E-state index contributed by atoms with van der Waals surface area (Å²) in [5.41, 5.74) is -1.15. The van der Waals surface area contributed by atoms with Crippen LogP contribution in [0.4, 0.5) is 13.2 Å². The fourth-order valence-corrected chi connectivity index (χ4v) is 5.13. The number of alkyl halides is 3. The smallest absolute Gasteiger partial charge is 0.420 e. The van der Waals surface area contributed by atoms with Gasteiger partial charge in [-0.05, 0) is 26.0 Å². The number of nitrogens with zero attached hydrogens (tertiary/aromatic N) is 3. The van der Waals surface area contributed by atoms with Crippen molar-refractivity contribution in [3.63, 3.8) is 0 Å². The van der Waals surface area contributed by atoms with Gasteiger partial charge in [0.25, 0.3) is 0 Å². The molecule has 3 heterocycles. The first kappa shape index (κ1) is 21.3. The van der Waals surface area contributed by atoms with E-state index in [1.165, 1.54) is 11.8 Å². The lowest BCUT2D eigenvalue weighted by Gasteiger charge is -2.22. The van der Waals surface area contributed by atoms with E-state index in [0.29, 0.717) is 14.5 Å². The zero-order valence-corrected chi connectivity index (χ0v) is 17.5. The van der Waals surface area contributed by atoms with Crippen molar-refractivity contribution in [2.24, 2.45) is 4.99 Å². The Morgan fingerprint density at radius 1 is 1.19 bits per heavy atom. The highest BCUT2D eigenvalue weighted by Crippen LogP contribution is 2.43. The summed E-state index contributed by atoms with van der Waals surface area (Å²) in [5, 5.41) is 29.6. The van der Waals surface area contributed by atoms with Crippen LogP contribution in [0, 0.1) is 0 Å². The molecule has 1 unspecified atom stereocenters. The topological polar surface area (TPSA) is 117 Å². The summed E-state index contributed by atoms with van der Waals surface area (Å²) >= 11 is 2.21. The molecule has 13 heteroatoms. The Hall–Kier alpha value is -2.93. The van der Waals surface area contributed by atoms with E-state index in [1.807, 2.05) is 0 Å². The number of fused-ring (bicyclic) bond motifs is 1. The average Bonchev–Trinajstić information content (AvgIpc) is 3.30. The number of rotatable bonds is 3. The minimum Gasteiger partial charge on any atom is -0.507 e. The van der Waals surface area contributed by atoms with E-state index in [2.05, 4.69) is 9.98 Å². The molecule has 1 aliphatic rings. The zero-order valence-electron chi connectivity index (χ0n) is 15.8. The van der Waals surface area contributed by atoms with Gasteiger partial charge < -0.3 is 20.2 Å². The summed E-state index contributed by atoms with van der Waals surface area (Å²) < 4.78 is 39.2. The summed E-state index contributed by atoms with van der Waals surface area (Å²) in [6.07, 6.45) is -4.73. The molecule has 0 saturated carbocycles. The van der Waals surface area contributed by atoms with Gasteiger partial charge in [0.15, 0.2) is 6.04 Å². The van der Waals surface area contributed by atoms with E-state index in [0.717, 1.165) is 35.6 Å². The number of phenols is 1. The molecule has 31 heavy (non-hydrogen) atoms. The van der Waals surface area contributed by atoms with Gasteiger partial charge in [0, 0.05) is 16.9 Å². The van der Waals surface area contributed by atoms with E-state index in [9.17, 15) is 33.3 Å². The lowest BCUT2D eigenvalue weighted by Crippen LogP contribution is -2.40. The van der Waals surface area contributed by atoms with Crippen molar-refractivity contribution in [1.82, 2.24) is 9.71 Å². The van der Waals surface area contributed by atoms with Crippen LogP contribution in [0.1, 0.15) is 24.4 Å². The number of hydrogen-bond donors (Lipinski definition) is 3. The van der Waals surface area contributed by atoms with Gasteiger partial charge >= 0.3 is 12.1 Å². The number of hydrogen-bond acceptors (Lipinski definition) is 9. The molecule has 1 aromatic carbocycles. The van der Waals surface area contributed by atoms with Crippen LogP contribution in [0.25, 0.3) is 10.2 Å². The van der Waals surface area contributed by atoms with Gasteiger partial charge in [0.2, 0.25) is 11.8 Å². The number of thiazole rings is 1. The predicted molar refractivity (Wildman–Crippen MR) is 108 cm³/mol. The maximum atomic E-state index is 13.0. The van der Waals surface area contributed by atoms with E-state index >= 15 is 0 Å². The molecule has 1 atom stereocenters. The molecular weight excluding hydrogens is 459 g/mol. The molecular formula is C18H14F3N3O5S2. The highest BCUT2D eigenvalue weighted by Gasteiger charge is 2.45. The largest absolute Gasteiger partial charge is 0.507 e. The lowest BCUT2D eigenvalue weighted by atomic mass is 10.0. The summed E-state index contributed by atoms with van der Waals surface area (Å²) in [7, 11) is 0. The molecule has 3 N–H and O–H groups in total. The first-order valence-electron chi connectivity index (χ1n) is 8.66. The first-order chi connectivity index (χ1) is 14.4. The summed E-state index contributed by atoms with van der Waals surface area (Å²) in [5.74, 6) is -2.72. The summed E-state index contributed by atoms with van der Waals surface area (Å²) in [6.45, 7) is 3.44. The number of aromatic nitrogens is 2. The maximum Gasteiger partial charge on any atom is 0.420 e. The molecule has 0 bridgehead atoms. The van der Waals surface area contributed by atoms with Gasteiger partial charge in [-0.1, -0.05) is 11.8 Å². The fraction of sp³-hybridized carbons (Fsp3) is 0.278. The SMILES string of the molecule is CC1(C)SC(c2nc3cc(C(F)(F)F)c(O)cc3s2)=NC1C(=O)On1c(O)ccc1O. The van der Waals surface area contributed by atoms with Crippen LogP contribution >= 0.6 is 23.1 Å². The third kappa shape index (κ3) is 3.78. The van der Waals surface area contributed by atoms with Crippen molar-refractivity contribution in [2.45, 2.75) is 30.8 Å². The Labute approximate surface area is 180 Å². The second-order valence-corrected chi connectivity index (χ2v) is 9.82. The molecule has 0 aliphatic carbocycles. The van der Waals surface area contributed by atoms with Crippen molar-refractivity contribution < 1.29 is 38.1 Å². The van der Waals surface area contributed by atoms with Crippen LogP contribution in [0.3, 0.4) is 0 Å². The number of aliphatic imine (C=N–C) groups is 1. The number of aromatic hydroxyl groups is 3. The number of halogens is 3. The fourth-order valence-electron chi connectivity index (χ4n) is 2.96. The third-order valence-corrected chi connectivity index (χ3v) is 6.86. The molecule has 0 saturated heterocycles. The van der Waals surface area contributed by atoms with Crippen LogP contribution in [0.5, 0.6) is 17.5 Å². The molecule has 4 rings (SSSR count). The highest BCUT2D eigenvalue weighted by atomic mass is 32.2. The van der Waals surface area contributed by atoms with E-state index < -0.39 is 46.0 Å². The minimum absolute atomic E-state index is 0.0412. The number of carbonyl (C=O) groups is 1. The second-order valence-electron chi connectivity index (χ2n) is 7.15. The summed E-state index contributed by atoms with van der Waals surface area (Å²) in [4.78, 5) is 26.2. The van der Waals surface area contributed by atoms with Crippen molar-refractivity contribution in [3.8, 4) is 17.5 Å². The number of thioether (sulfide) groups is 1. The standard InChI is InChI=1S/C18H14F3N3O5S2/c1-17(2)13(16(28)29-24-11(26)3-4-12(24)27)23-15(31-17)14-22-8-5-7(18(19,20)21)9(25)6-10(8)30-14/h3-6,13,25-27H,1-2H3. The molecule has 0 fully saturated rings. The Balaban J connectivity index is 1.67. The van der Waals surface area contributed by atoms with Gasteiger partial charge in [0.05, 0.1) is 15.8 Å². The van der Waals surface area contributed by atoms with Crippen LogP contribution in [-0.2, 0) is 11.0 Å². The molecule has 164 valence electrons. The van der Waals surface area contributed by atoms with Crippen LogP contribution in [0.2, 0.25) is 0 Å². The average molecular weight is 473 g/mol. The van der Waals surface area contributed by atoms with E-state index in [-0.39, 0.29) is 10.5 Å². The Morgan fingerprint density at radius 3 is 2.45 bits per heavy atom. The van der Waals surface area contributed by atoms with Crippen LogP contribution in [-0.4, -0.2) is 46.8 Å². The molecule has 1 aliphatic heterocycles. The molecule has 3 aromatic rings. The van der Waals surface area contributed by atoms with Gasteiger partial charge in [0.1, 0.15) is 15.8 Å². The van der Waals surface area contributed by atoms with Gasteiger partial charge in [-0.15, -0.1) is 16.1 Å². The van der Waals surface area contributed by atoms with Crippen molar-refractivity contribution >= 4 is 44.3 Å². The van der Waals surface area contributed by atoms with Crippen molar-refractivity contribution in [1.29, 1.82) is 0 Å². The molecule has 0 radical (unpaired) electrons. The third-order valence-electron chi connectivity index (χ3n) is 4.46. The molecule has 2 aromatic heterocycles. The van der Waals surface area contributed by atoms with Crippen LogP contribution in [0.15, 0.2) is 29.3 Å². The van der Waals surface area contributed by atoms with Crippen LogP contribution < -0.4 is 4.84 Å². The normalized spacial score (nSPS) is 18.4. The minimum atomic E-state index is -4.73. The Kier molecular flexibility index (Phi) is 4.85. The van der Waals surface area contributed by atoms with Gasteiger partial charge in [-0.3, -0.25) is 4.99 Å². The van der Waals surface area contributed by atoms with Gasteiger partial charge in [-0.2, -0.15) is 13.2 Å². The Morgan fingerprint density at radius 2 is 1.84 bits per heavy atom. The number of phenolic OH excluding ortho intramolecular Hbond substituents is 1. The number of benzene rings is 1. The Bertz CT molecular complexity index is 1210. The summed E-state index contributed by atoms with van der Waals surface area (Å²) in [6, 6.07) is 2.99. The maximum absolute atomic E-state index is 13.0. The first-order valence-corrected chi connectivity index (χ1v) is 10.3. The quantitative estimate of drug-likeness (QED) is 0.533.